The summed E-state index contributed by atoms with van der Waals surface area (Å²) in [6.45, 7) is 0. The number of benzene rings is 4. The molecule has 1 atom stereocenters. The average molecular weight is 534 g/mol. The van der Waals surface area contributed by atoms with Crippen LogP contribution in [0.15, 0.2) is 121 Å². The SMILES string of the molecule is [CH3][Pd]([CH3])[CH](CP(c1ccccc1)c1ccccc1)P(c1ccccc1)c1ccccc1. The Bertz CT molecular complexity index is 958. The first-order chi connectivity index (χ1) is 15.2. The second-order valence-corrected chi connectivity index (χ2v) is 17.1. The minimum absolute atomic E-state index is 0.391. The molecule has 0 heterocycles. The van der Waals surface area contributed by atoms with Gasteiger partial charge in [-0.25, -0.2) is 0 Å². The quantitative estimate of drug-likeness (QED) is 0.184. The first-order valence-corrected chi connectivity index (χ1v) is 17.3. The van der Waals surface area contributed by atoms with Gasteiger partial charge in [0.2, 0.25) is 0 Å². The third-order valence-corrected chi connectivity index (χ3v) is 16.5. The molecule has 0 spiro atoms. The molecule has 0 aliphatic rings. The van der Waals surface area contributed by atoms with Crippen molar-refractivity contribution in [2.24, 2.45) is 0 Å². The Labute approximate surface area is 195 Å². The fourth-order valence-corrected chi connectivity index (χ4v) is 15.7. The molecule has 0 fully saturated rings. The fourth-order valence-electron chi connectivity index (χ4n) is 3.71. The van der Waals surface area contributed by atoms with Crippen LogP contribution in [0.3, 0.4) is 0 Å². The Kier molecular flexibility index (Phi) is 8.25. The Morgan fingerprint density at radius 1 is 0.516 bits per heavy atom. The summed E-state index contributed by atoms with van der Waals surface area (Å²) in [4.78, 5) is 0. The molecule has 0 aliphatic carbocycles. The summed E-state index contributed by atoms with van der Waals surface area (Å²) in [6.07, 6.45) is 1.26. The Hall–Kier alpha value is -1.60. The van der Waals surface area contributed by atoms with Crippen LogP contribution < -0.4 is 21.2 Å². The fraction of sp³-hybridized carbons (Fsp3) is 0.143. The van der Waals surface area contributed by atoms with Gasteiger partial charge in [-0.05, 0) is 0 Å². The van der Waals surface area contributed by atoms with Crippen molar-refractivity contribution in [3.05, 3.63) is 121 Å². The van der Waals surface area contributed by atoms with Crippen molar-refractivity contribution in [2.45, 2.75) is 14.9 Å². The third kappa shape index (κ3) is 5.80. The topological polar surface area (TPSA) is 0 Å². The molecule has 0 nitrogen and oxygen atoms in total. The standard InChI is InChI=1S/C26H23P2.2CH3.Pd/c1-5-13-23(14-6-1)27(24-15-7-2-8-16-24)21-22-28(25-17-9-3-10-18-25)26-19-11-4-12-20-26;;;/h1-21H,22H2;2*1H3;. The molecule has 0 bridgehead atoms. The molecule has 1 unspecified atom stereocenters. The van der Waals surface area contributed by atoms with E-state index >= 15 is 0 Å². The molecule has 0 aromatic heterocycles. The predicted molar refractivity (Wildman–Crippen MR) is 139 cm³/mol. The monoisotopic (exact) mass is 533 g/mol. The van der Waals surface area contributed by atoms with Gasteiger partial charge in [-0.1, -0.05) is 0 Å². The van der Waals surface area contributed by atoms with E-state index in [1.54, 1.807) is 0 Å². The van der Waals surface area contributed by atoms with E-state index in [9.17, 15) is 0 Å². The molecular formula is C28H29P2Pd. The molecule has 0 aliphatic heterocycles. The van der Waals surface area contributed by atoms with Crippen LogP contribution in [-0.2, 0) is 16.8 Å². The maximum absolute atomic E-state index is 2.53. The zero-order chi connectivity index (χ0) is 21.5. The summed E-state index contributed by atoms with van der Waals surface area (Å²) in [5.41, 5.74) is 0. The van der Waals surface area contributed by atoms with Gasteiger partial charge in [-0.3, -0.25) is 0 Å². The Balaban J connectivity index is 1.78. The minimum atomic E-state index is -0.694. The van der Waals surface area contributed by atoms with Gasteiger partial charge in [0.1, 0.15) is 0 Å². The van der Waals surface area contributed by atoms with Crippen molar-refractivity contribution in [1.82, 2.24) is 0 Å². The van der Waals surface area contributed by atoms with Crippen LogP contribution in [0.5, 0.6) is 0 Å². The third-order valence-electron chi connectivity index (χ3n) is 5.21. The van der Waals surface area contributed by atoms with E-state index in [0.29, 0.717) is 0 Å². The Morgan fingerprint density at radius 2 is 0.839 bits per heavy atom. The number of rotatable bonds is 8. The van der Waals surface area contributed by atoms with Gasteiger partial charge in [-0.2, -0.15) is 0 Å². The Morgan fingerprint density at radius 3 is 1.16 bits per heavy atom. The molecule has 31 heavy (non-hydrogen) atoms. The van der Waals surface area contributed by atoms with Crippen molar-refractivity contribution < 1.29 is 16.8 Å². The second-order valence-electron chi connectivity index (χ2n) is 7.40. The van der Waals surface area contributed by atoms with E-state index in [1.807, 2.05) is 0 Å². The van der Waals surface area contributed by atoms with Crippen LogP contribution in [0.25, 0.3) is 0 Å². The van der Waals surface area contributed by atoms with Crippen molar-refractivity contribution in [3.8, 4) is 0 Å². The molecule has 4 aromatic rings. The average Bonchev–Trinajstić information content (AvgIpc) is 2.84. The molecule has 161 valence electrons. The summed E-state index contributed by atoms with van der Waals surface area (Å²) in [6, 6.07) is 44.9. The predicted octanol–water partition coefficient (Wildman–Crippen LogP) is 6.29. The molecule has 4 rings (SSSR count). The molecule has 0 saturated heterocycles. The van der Waals surface area contributed by atoms with Crippen LogP contribution in [0, 0.1) is 0 Å². The van der Waals surface area contributed by atoms with Gasteiger partial charge in [0.25, 0.3) is 0 Å². The van der Waals surface area contributed by atoms with Gasteiger partial charge in [0, 0.05) is 0 Å². The molecule has 0 amide bonds. The van der Waals surface area contributed by atoms with Gasteiger partial charge < -0.3 is 0 Å². The van der Waals surface area contributed by atoms with Gasteiger partial charge in [0.15, 0.2) is 0 Å². The van der Waals surface area contributed by atoms with Crippen molar-refractivity contribution >= 4 is 37.1 Å². The molecule has 3 heteroatoms. The summed E-state index contributed by atoms with van der Waals surface area (Å²) in [7, 11) is -0.789. The molecule has 4 aromatic carbocycles. The summed E-state index contributed by atoms with van der Waals surface area (Å²) < 4.78 is 0.720. The van der Waals surface area contributed by atoms with E-state index in [-0.39, 0.29) is 0 Å². The van der Waals surface area contributed by atoms with E-state index in [4.69, 9.17) is 0 Å². The molecular weight excluding hydrogens is 505 g/mol. The summed E-state index contributed by atoms with van der Waals surface area (Å²) in [5.74, 6) is 0. The van der Waals surface area contributed by atoms with Crippen LogP contribution in [0.1, 0.15) is 0 Å². The first kappa shape index (κ1) is 22.6. The van der Waals surface area contributed by atoms with Crippen LogP contribution in [-0.4, -0.2) is 10.3 Å². The summed E-state index contributed by atoms with van der Waals surface area (Å²) in [5, 5.41) is 11.1. The van der Waals surface area contributed by atoms with Crippen LogP contribution >= 0.6 is 15.8 Å². The number of hydrogen-bond acceptors (Lipinski definition) is 0. The second kappa shape index (κ2) is 11.3. The normalized spacial score (nSPS) is 12.7. The van der Waals surface area contributed by atoms with Crippen molar-refractivity contribution in [1.29, 1.82) is 0 Å². The van der Waals surface area contributed by atoms with Crippen molar-refractivity contribution in [3.63, 3.8) is 0 Å². The van der Waals surface area contributed by atoms with Crippen molar-refractivity contribution in [2.75, 3.05) is 6.16 Å². The maximum atomic E-state index is 2.53. The number of hydrogen-bond donors (Lipinski definition) is 0. The van der Waals surface area contributed by atoms with E-state index in [1.165, 1.54) is 27.4 Å². The van der Waals surface area contributed by atoms with Crippen LogP contribution in [0.2, 0.25) is 10.8 Å². The zero-order valence-corrected chi connectivity index (χ0v) is 21.4. The van der Waals surface area contributed by atoms with E-state index in [0.717, 1.165) is 4.13 Å². The summed E-state index contributed by atoms with van der Waals surface area (Å²) >= 11 is -0.694. The molecule has 0 saturated carbocycles. The van der Waals surface area contributed by atoms with Crippen LogP contribution in [0.4, 0.5) is 0 Å². The molecule has 0 radical (unpaired) electrons. The van der Waals surface area contributed by atoms with Gasteiger partial charge in [-0.15, -0.1) is 0 Å². The van der Waals surface area contributed by atoms with Gasteiger partial charge >= 0.3 is 196 Å². The van der Waals surface area contributed by atoms with E-state index in [2.05, 4.69) is 132 Å². The van der Waals surface area contributed by atoms with E-state index < -0.39 is 32.6 Å². The zero-order valence-electron chi connectivity index (χ0n) is 18.0. The first-order valence-electron chi connectivity index (χ1n) is 10.3. The van der Waals surface area contributed by atoms with Gasteiger partial charge in [0.05, 0.1) is 0 Å². The molecule has 0 N–H and O–H groups in total.